The first kappa shape index (κ1) is 36.9. The van der Waals surface area contributed by atoms with Crippen molar-refractivity contribution in [2.24, 2.45) is 0 Å². The summed E-state index contributed by atoms with van der Waals surface area (Å²) in [5, 5.41) is 2.27. The lowest BCUT2D eigenvalue weighted by atomic mass is 9.68. The van der Waals surface area contributed by atoms with Crippen LogP contribution in [0.15, 0.2) is 241 Å². The molecule has 2 heteroatoms. The van der Waals surface area contributed by atoms with Crippen LogP contribution in [0.4, 0.5) is 17.1 Å². The van der Waals surface area contributed by atoms with Crippen LogP contribution in [0.1, 0.15) is 46.2 Å². The first-order valence-corrected chi connectivity index (χ1v) is 22.0. The van der Waals surface area contributed by atoms with E-state index in [1.807, 2.05) is 6.07 Å². The van der Waals surface area contributed by atoms with Crippen molar-refractivity contribution in [1.29, 1.82) is 0 Å². The summed E-state index contributed by atoms with van der Waals surface area (Å²) in [6, 6.07) is 81.9. The minimum atomic E-state index is -0.473. The van der Waals surface area contributed by atoms with E-state index in [2.05, 4.69) is 235 Å². The molecule has 1 heterocycles. The van der Waals surface area contributed by atoms with Crippen LogP contribution < -0.4 is 4.90 Å². The summed E-state index contributed by atoms with van der Waals surface area (Å²) in [7, 11) is 0. The van der Waals surface area contributed by atoms with Crippen LogP contribution in [-0.2, 0) is 5.41 Å². The van der Waals surface area contributed by atoms with Gasteiger partial charge in [0.05, 0.1) is 11.1 Å². The third kappa shape index (κ3) is 5.94. The number of allylic oxidation sites excluding steroid dienone is 4. The van der Waals surface area contributed by atoms with E-state index in [1.54, 1.807) is 0 Å². The molecule has 10 aromatic rings. The summed E-state index contributed by atoms with van der Waals surface area (Å²) in [4.78, 5) is 2.45. The Morgan fingerprint density at radius 2 is 0.968 bits per heavy atom. The van der Waals surface area contributed by atoms with Crippen molar-refractivity contribution < 1.29 is 4.42 Å². The van der Waals surface area contributed by atoms with Gasteiger partial charge in [-0.2, -0.15) is 0 Å². The van der Waals surface area contributed by atoms with Gasteiger partial charge < -0.3 is 9.32 Å². The van der Waals surface area contributed by atoms with Gasteiger partial charge in [-0.1, -0.05) is 200 Å². The van der Waals surface area contributed by atoms with E-state index >= 15 is 0 Å². The molecule has 0 saturated heterocycles. The molecule has 0 bridgehead atoms. The van der Waals surface area contributed by atoms with Crippen molar-refractivity contribution in [1.82, 2.24) is 0 Å². The Bertz CT molecular complexity index is 3330. The molecule has 0 fully saturated rings. The minimum absolute atomic E-state index is 0.473. The highest BCUT2D eigenvalue weighted by molar-refractivity contribution is 6.09. The predicted molar refractivity (Wildman–Crippen MR) is 263 cm³/mol. The zero-order chi connectivity index (χ0) is 41.7. The molecule has 2 aliphatic rings. The summed E-state index contributed by atoms with van der Waals surface area (Å²) in [6.45, 7) is 0. The standard InChI is InChI=1S/C61H43NO/c1-3-18-42(19-4-1)48-22-7-8-23-50(48)53-26-11-15-32-58(53)62(46-38-34-43(35-39-46)49-28-17-29-55-54-27-12-16-33-59(54)63-60(49)55)47-40-36-45(37-41-47)61(44-20-5-2-6-21-44)56-30-13-9-24-51(56)52-25-10-14-31-57(52)61/h1-7,9-22,24-41H,8,23H2. The van der Waals surface area contributed by atoms with Crippen LogP contribution in [0.2, 0.25) is 0 Å². The summed E-state index contributed by atoms with van der Waals surface area (Å²) in [5.74, 6) is 0. The minimum Gasteiger partial charge on any atom is -0.455 e. The van der Waals surface area contributed by atoms with Crippen LogP contribution in [0.3, 0.4) is 0 Å². The molecular formula is C61H43NO. The SMILES string of the molecule is C1=CC(c2ccccc2)=C(c2ccccc2N(c2ccc(-c3cccc4c3oc3ccccc34)cc2)c2ccc(C3(c4ccccc4)c4ccccc4-c4ccccc43)cc2)CC1. The maximum atomic E-state index is 6.50. The second-order valence-electron chi connectivity index (χ2n) is 16.6. The maximum Gasteiger partial charge on any atom is 0.143 e. The van der Waals surface area contributed by atoms with Crippen LogP contribution >= 0.6 is 0 Å². The molecule has 0 saturated carbocycles. The first-order valence-electron chi connectivity index (χ1n) is 22.0. The van der Waals surface area contributed by atoms with Gasteiger partial charge in [-0.3, -0.25) is 0 Å². The lowest BCUT2D eigenvalue weighted by molar-refractivity contribution is 0.670. The van der Waals surface area contributed by atoms with Gasteiger partial charge in [0.15, 0.2) is 0 Å². The predicted octanol–water partition coefficient (Wildman–Crippen LogP) is 16.3. The third-order valence-electron chi connectivity index (χ3n) is 13.3. The van der Waals surface area contributed by atoms with Gasteiger partial charge in [-0.15, -0.1) is 0 Å². The molecule has 9 aromatic carbocycles. The Morgan fingerprint density at radius 3 is 1.70 bits per heavy atom. The molecule has 0 N–H and O–H groups in total. The van der Waals surface area contributed by atoms with Crippen LogP contribution in [0, 0.1) is 0 Å². The number of benzene rings is 9. The zero-order valence-electron chi connectivity index (χ0n) is 34.8. The van der Waals surface area contributed by atoms with Gasteiger partial charge in [-0.25, -0.2) is 0 Å². The Labute approximate surface area is 368 Å². The monoisotopic (exact) mass is 805 g/mol. The smallest absolute Gasteiger partial charge is 0.143 e. The molecule has 298 valence electrons. The van der Waals surface area contributed by atoms with Crippen LogP contribution in [0.5, 0.6) is 0 Å². The number of fused-ring (bicyclic) bond motifs is 6. The number of rotatable bonds is 8. The largest absolute Gasteiger partial charge is 0.455 e. The van der Waals surface area contributed by atoms with Crippen molar-refractivity contribution in [3.05, 3.63) is 270 Å². The molecule has 0 unspecified atom stereocenters. The molecule has 0 amide bonds. The van der Waals surface area contributed by atoms with Crippen LogP contribution in [0.25, 0.3) is 55.3 Å². The second-order valence-corrected chi connectivity index (χ2v) is 16.6. The molecule has 0 radical (unpaired) electrons. The van der Waals surface area contributed by atoms with E-state index < -0.39 is 5.41 Å². The van der Waals surface area contributed by atoms with E-state index in [0.29, 0.717) is 0 Å². The Hall–Kier alpha value is -7.94. The molecule has 2 aliphatic carbocycles. The van der Waals surface area contributed by atoms with Crippen molar-refractivity contribution in [3.8, 4) is 22.3 Å². The van der Waals surface area contributed by atoms with Crippen molar-refractivity contribution >= 4 is 50.1 Å². The zero-order valence-corrected chi connectivity index (χ0v) is 34.8. The highest BCUT2D eigenvalue weighted by atomic mass is 16.3. The van der Waals surface area contributed by atoms with Crippen molar-refractivity contribution in [3.63, 3.8) is 0 Å². The quantitative estimate of drug-likeness (QED) is 0.152. The lowest BCUT2D eigenvalue weighted by Crippen LogP contribution is -2.28. The Kier molecular flexibility index (Phi) is 8.90. The fourth-order valence-corrected chi connectivity index (χ4v) is 10.5. The summed E-state index contributed by atoms with van der Waals surface area (Å²) in [5.41, 5.74) is 19.7. The highest BCUT2D eigenvalue weighted by Gasteiger charge is 2.45. The van der Waals surface area contributed by atoms with Crippen molar-refractivity contribution in [2.75, 3.05) is 4.90 Å². The third-order valence-corrected chi connectivity index (χ3v) is 13.3. The molecule has 12 rings (SSSR count). The molecule has 1 aromatic heterocycles. The van der Waals surface area contributed by atoms with E-state index in [1.165, 1.54) is 55.7 Å². The van der Waals surface area contributed by atoms with E-state index in [9.17, 15) is 0 Å². The van der Waals surface area contributed by atoms with Crippen molar-refractivity contribution in [2.45, 2.75) is 18.3 Å². The van der Waals surface area contributed by atoms with Gasteiger partial charge in [0.25, 0.3) is 0 Å². The molecule has 0 aliphatic heterocycles. The number of furan rings is 1. The normalized spacial score (nSPS) is 13.9. The number of anilines is 3. The fourth-order valence-electron chi connectivity index (χ4n) is 10.5. The van der Waals surface area contributed by atoms with E-state index in [-0.39, 0.29) is 0 Å². The number of nitrogens with zero attached hydrogens (tertiary/aromatic N) is 1. The molecule has 0 atom stereocenters. The van der Waals surface area contributed by atoms with Gasteiger partial charge in [0.2, 0.25) is 0 Å². The van der Waals surface area contributed by atoms with Gasteiger partial charge in [-0.05, 0) is 105 Å². The number of hydrogen-bond donors (Lipinski definition) is 0. The maximum absolute atomic E-state index is 6.50. The molecule has 0 spiro atoms. The fraction of sp³-hybridized carbons (Fsp3) is 0.0492. The van der Waals surface area contributed by atoms with E-state index in [0.717, 1.165) is 63.0 Å². The summed E-state index contributed by atoms with van der Waals surface area (Å²) < 4.78 is 6.50. The Morgan fingerprint density at radius 1 is 0.413 bits per heavy atom. The lowest BCUT2D eigenvalue weighted by Gasteiger charge is -2.35. The number of hydrogen-bond acceptors (Lipinski definition) is 2. The molecular weight excluding hydrogens is 763 g/mol. The van der Waals surface area contributed by atoms with E-state index in [4.69, 9.17) is 4.42 Å². The van der Waals surface area contributed by atoms with Crippen LogP contribution in [-0.4, -0.2) is 0 Å². The summed E-state index contributed by atoms with van der Waals surface area (Å²) in [6.07, 6.45) is 6.59. The van der Waals surface area contributed by atoms with Gasteiger partial charge in [0.1, 0.15) is 11.2 Å². The number of para-hydroxylation sites is 3. The highest BCUT2D eigenvalue weighted by Crippen LogP contribution is 2.56. The summed E-state index contributed by atoms with van der Waals surface area (Å²) >= 11 is 0. The topological polar surface area (TPSA) is 16.4 Å². The van der Waals surface area contributed by atoms with Gasteiger partial charge in [0, 0.05) is 33.3 Å². The molecule has 63 heavy (non-hydrogen) atoms. The Balaban J connectivity index is 1.04. The first-order chi connectivity index (χ1) is 31.3. The average Bonchev–Trinajstić information content (AvgIpc) is 3.90. The second kappa shape index (κ2) is 15.2. The van der Waals surface area contributed by atoms with Gasteiger partial charge >= 0.3 is 0 Å². The molecule has 2 nitrogen and oxygen atoms in total. The average molecular weight is 806 g/mol.